The molecule has 1 aliphatic heterocycles. The van der Waals surface area contributed by atoms with Crippen LogP contribution in [0.5, 0.6) is 5.75 Å². The van der Waals surface area contributed by atoms with Crippen molar-refractivity contribution in [1.29, 1.82) is 0 Å². The number of benzene rings is 2. The number of likely N-dealkylation sites (N-methyl/N-ethyl adjacent to an activating group) is 1. The summed E-state index contributed by atoms with van der Waals surface area (Å²) in [5.74, 6) is 0.190. The van der Waals surface area contributed by atoms with Gasteiger partial charge in [0.2, 0.25) is 0 Å². The van der Waals surface area contributed by atoms with Crippen molar-refractivity contribution in [2.24, 2.45) is 0 Å². The number of carbonyl (C=O) groups excluding carboxylic acids is 1. The molecule has 4 aromatic rings. The number of nitrogens with zero attached hydrogens (tertiary/aromatic N) is 4. The number of aryl methyl sites for hydroxylation is 1. The number of nitrogen functional groups attached to an aromatic ring is 1. The molecule has 0 unspecified atom stereocenters. The first-order chi connectivity index (χ1) is 15.1. The first kappa shape index (κ1) is 20.1. The van der Waals surface area contributed by atoms with E-state index in [-0.39, 0.29) is 18.3 Å². The monoisotopic (exact) mass is 441 g/mol. The number of ether oxygens (including phenoxy) is 1. The molecule has 32 heavy (non-hydrogen) atoms. The SMILES string of the molecule is Cc1ncn2c1c(N)nc1ccc(C(=O)N(C)[C@@H]3COc4cc(C(F)(F)F)ccc43)cc12. The number of anilines is 1. The third kappa shape index (κ3) is 3.02. The molecule has 10 heteroatoms. The summed E-state index contributed by atoms with van der Waals surface area (Å²) >= 11 is 0. The van der Waals surface area contributed by atoms with Crippen molar-refractivity contribution in [2.75, 3.05) is 19.4 Å². The van der Waals surface area contributed by atoms with Crippen molar-refractivity contribution in [3.63, 3.8) is 0 Å². The molecule has 1 amide bonds. The minimum absolute atomic E-state index is 0.0789. The fourth-order valence-electron chi connectivity index (χ4n) is 4.09. The average Bonchev–Trinajstić information content (AvgIpc) is 3.35. The highest BCUT2D eigenvalue weighted by atomic mass is 19.4. The molecule has 0 fully saturated rings. The van der Waals surface area contributed by atoms with E-state index < -0.39 is 17.8 Å². The number of alkyl halides is 3. The first-order valence-electron chi connectivity index (χ1n) is 9.79. The van der Waals surface area contributed by atoms with Crippen molar-refractivity contribution in [3.05, 3.63) is 65.1 Å². The third-order valence-electron chi connectivity index (χ3n) is 5.80. The lowest BCUT2D eigenvalue weighted by molar-refractivity contribution is -0.137. The van der Waals surface area contributed by atoms with Crippen LogP contribution in [-0.2, 0) is 6.18 Å². The predicted molar refractivity (Wildman–Crippen MR) is 111 cm³/mol. The Morgan fingerprint density at radius 1 is 1.25 bits per heavy atom. The number of halogens is 3. The molecule has 5 rings (SSSR count). The minimum Gasteiger partial charge on any atom is -0.491 e. The molecule has 0 saturated carbocycles. The van der Waals surface area contributed by atoms with E-state index in [1.165, 1.54) is 11.0 Å². The molecule has 0 bridgehead atoms. The van der Waals surface area contributed by atoms with Crippen LogP contribution >= 0.6 is 0 Å². The van der Waals surface area contributed by atoms with E-state index >= 15 is 0 Å². The van der Waals surface area contributed by atoms with E-state index in [0.29, 0.717) is 33.5 Å². The van der Waals surface area contributed by atoms with Crippen molar-refractivity contribution in [3.8, 4) is 5.75 Å². The number of fused-ring (bicyclic) bond motifs is 4. The van der Waals surface area contributed by atoms with Gasteiger partial charge in [0, 0.05) is 18.2 Å². The summed E-state index contributed by atoms with van der Waals surface area (Å²) in [6.07, 6.45) is -2.83. The molecule has 7 nitrogen and oxygen atoms in total. The fraction of sp³-hybridized carbons (Fsp3) is 0.227. The molecular weight excluding hydrogens is 423 g/mol. The average molecular weight is 441 g/mol. The lowest BCUT2D eigenvalue weighted by Crippen LogP contribution is -2.32. The van der Waals surface area contributed by atoms with Crippen LogP contribution in [0.15, 0.2) is 42.7 Å². The summed E-state index contributed by atoms with van der Waals surface area (Å²) < 4.78 is 46.2. The highest BCUT2D eigenvalue weighted by Crippen LogP contribution is 2.40. The Hall–Kier alpha value is -3.82. The zero-order chi connectivity index (χ0) is 22.8. The Morgan fingerprint density at radius 2 is 2.03 bits per heavy atom. The number of aromatic nitrogens is 3. The second-order valence-electron chi connectivity index (χ2n) is 7.74. The van der Waals surface area contributed by atoms with E-state index in [2.05, 4.69) is 9.97 Å². The van der Waals surface area contributed by atoms with Crippen molar-refractivity contribution in [2.45, 2.75) is 19.1 Å². The van der Waals surface area contributed by atoms with Gasteiger partial charge in [-0.25, -0.2) is 9.97 Å². The van der Waals surface area contributed by atoms with Crippen LogP contribution in [0.1, 0.15) is 33.2 Å². The summed E-state index contributed by atoms with van der Waals surface area (Å²) in [5.41, 5.74) is 8.89. The molecule has 3 heterocycles. The van der Waals surface area contributed by atoms with E-state index in [1.807, 2.05) is 6.92 Å². The van der Waals surface area contributed by atoms with E-state index in [1.54, 1.807) is 36.0 Å². The maximum absolute atomic E-state index is 13.2. The lowest BCUT2D eigenvalue weighted by atomic mass is 10.0. The summed E-state index contributed by atoms with van der Waals surface area (Å²) in [5, 5.41) is 0. The number of amides is 1. The van der Waals surface area contributed by atoms with Crippen LogP contribution < -0.4 is 10.5 Å². The Labute approximate surface area is 180 Å². The summed E-state index contributed by atoms with van der Waals surface area (Å²) in [6, 6.07) is 7.89. The standard InChI is InChI=1S/C22H18F3N5O2/c1-11-19-20(26)28-15-6-3-12(7-16(15)30(19)10-27-11)21(31)29(2)17-9-32-18-8-13(22(23,24)25)4-5-14(17)18/h3-8,10,17H,9H2,1-2H3,(H2,26,28)/t17-/m1/s1. The van der Waals surface area contributed by atoms with Crippen LogP contribution in [0.3, 0.4) is 0 Å². The van der Waals surface area contributed by atoms with Crippen molar-refractivity contribution >= 4 is 28.3 Å². The third-order valence-corrected chi connectivity index (χ3v) is 5.80. The van der Waals surface area contributed by atoms with Gasteiger partial charge in [-0.15, -0.1) is 0 Å². The Balaban J connectivity index is 1.50. The number of imidazole rings is 1. The van der Waals surface area contributed by atoms with Gasteiger partial charge < -0.3 is 15.4 Å². The molecule has 0 aliphatic carbocycles. The van der Waals surface area contributed by atoms with Crippen LogP contribution in [-0.4, -0.2) is 38.8 Å². The summed E-state index contributed by atoms with van der Waals surface area (Å²) in [7, 11) is 1.60. The number of nitrogens with two attached hydrogens (primary N) is 1. The van der Waals surface area contributed by atoms with Crippen LogP contribution in [0, 0.1) is 6.92 Å². The normalized spacial score (nSPS) is 15.7. The molecule has 2 aromatic heterocycles. The number of carbonyl (C=O) groups is 1. The van der Waals surface area contributed by atoms with E-state index in [9.17, 15) is 18.0 Å². The highest BCUT2D eigenvalue weighted by Gasteiger charge is 2.36. The summed E-state index contributed by atoms with van der Waals surface area (Å²) in [4.78, 5) is 23.4. The molecule has 0 saturated heterocycles. The van der Waals surface area contributed by atoms with Gasteiger partial charge in [-0.2, -0.15) is 13.2 Å². The second-order valence-corrected chi connectivity index (χ2v) is 7.74. The van der Waals surface area contributed by atoms with Gasteiger partial charge >= 0.3 is 6.18 Å². The number of hydrogen-bond donors (Lipinski definition) is 1. The Kier molecular flexibility index (Phi) is 4.30. The maximum atomic E-state index is 13.2. The molecule has 1 atom stereocenters. The van der Waals surface area contributed by atoms with Gasteiger partial charge in [0.1, 0.15) is 30.0 Å². The molecule has 164 valence electrons. The number of rotatable bonds is 2. The van der Waals surface area contributed by atoms with Gasteiger partial charge in [0.25, 0.3) is 5.91 Å². The second kappa shape index (κ2) is 6.84. The molecule has 1 aliphatic rings. The molecule has 2 aromatic carbocycles. The molecule has 2 N–H and O–H groups in total. The van der Waals surface area contributed by atoms with Gasteiger partial charge in [-0.1, -0.05) is 6.07 Å². The first-order valence-corrected chi connectivity index (χ1v) is 9.79. The molecular formula is C22H18F3N5O2. The van der Waals surface area contributed by atoms with Gasteiger partial charge in [-0.3, -0.25) is 9.20 Å². The lowest BCUT2D eigenvalue weighted by Gasteiger charge is -2.24. The largest absolute Gasteiger partial charge is 0.491 e. The zero-order valence-electron chi connectivity index (χ0n) is 17.1. The Bertz CT molecular complexity index is 1400. The topological polar surface area (TPSA) is 85.8 Å². The fourth-order valence-corrected chi connectivity index (χ4v) is 4.09. The van der Waals surface area contributed by atoms with Crippen LogP contribution in [0.25, 0.3) is 16.6 Å². The number of hydrogen-bond acceptors (Lipinski definition) is 5. The van der Waals surface area contributed by atoms with Gasteiger partial charge in [-0.05, 0) is 37.3 Å². The van der Waals surface area contributed by atoms with Gasteiger partial charge in [0.05, 0.1) is 28.3 Å². The van der Waals surface area contributed by atoms with Crippen molar-refractivity contribution < 1.29 is 22.7 Å². The molecule has 0 spiro atoms. The quantitative estimate of drug-likeness (QED) is 0.508. The highest BCUT2D eigenvalue weighted by molar-refractivity contribution is 5.98. The van der Waals surface area contributed by atoms with E-state index in [4.69, 9.17) is 10.5 Å². The van der Waals surface area contributed by atoms with Gasteiger partial charge in [0.15, 0.2) is 0 Å². The van der Waals surface area contributed by atoms with E-state index in [0.717, 1.165) is 17.8 Å². The zero-order valence-corrected chi connectivity index (χ0v) is 17.1. The van der Waals surface area contributed by atoms with Crippen LogP contribution in [0.4, 0.5) is 19.0 Å². The minimum atomic E-state index is -4.46. The van der Waals surface area contributed by atoms with Crippen LogP contribution in [0.2, 0.25) is 0 Å². The molecule has 0 radical (unpaired) electrons. The smallest absolute Gasteiger partial charge is 0.416 e. The maximum Gasteiger partial charge on any atom is 0.416 e. The predicted octanol–water partition coefficient (Wildman–Crippen LogP) is 4.00. The summed E-state index contributed by atoms with van der Waals surface area (Å²) in [6.45, 7) is 1.90. The Morgan fingerprint density at radius 3 is 2.78 bits per heavy atom. The van der Waals surface area contributed by atoms with Crippen molar-refractivity contribution in [1.82, 2.24) is 19.3 Å².